The molecule has 10 heteroatoms. The third-order valence-corrected chi connectivity index (χ3v) is 6.07. The average molecular weight is 449 g/mol. The van der Waals surface area contributed by atoms with E-state index in [1.54, 1.807) is 0 Å². The summed E-state index contributed by atoms with van der Waals surface area (Å²) < 4.78 is 16.7. The van der Waals surface area contributed by atoms with Crippen LogP contribution in [0.2, 0.25) is 0 Å². The van der Waals surface area contributed by atoms with Crippen molar-refractivity contribution in [2.24, 2.45) is 7.05 Å². The number of anilines is 1. The molecule has 0 radical (unpaired) electrons. The first-order chi connectivity index (χ1) is 15.8. The Kier molecular flexibility index (Phi) is 4.92. The summed E-state index contributed by atoms with van der Waals surface area (Å²) in [6, 6.07) is 8.95. The zero-order valence-corrected chi connectivity index (χ0v) is 17.7. The number of carbonyl (C=O) groups excluding carboxylic acids is 4. The molecule has 3 aromatic rings. The van der Waals surface area contributed by atoms with Gasteiger partial charge in [0.15, 0.2) is 0 Å². The number of aryl methyl sites for hydroxylation is 1. The van der Waals surface area contributed by atoms with E-state index in [9.17, 15) is 23.6 Å². The molecule has 0 bridgehead atoms. The number of imide groups is 2. The number of aromatic nitrogens is 2. The van der Waals surface area contributed by atoms with Gasteiger partial charge >= 0.3 is 0 Å². The Hall–Kier alpha value is -4.08. The van der Waals surface area contributed by atoms with Gasteiger partial charge in [-0.1, -0.05) is 12.1 Å². The van der Waals surface area contributed by atoms with E-state index >= 15 is 0 Å². The molecule has 2 N–H and O–H groups in total. The summed E-state index contributed by atoms with van der Waals surface area (Å²) in [5.74, 6) is -2.43. The fourth-order valence-corrected chi connectivity index (χ4v) is 4.35. The predicted molar refractivity (Wildman–Crippen MR) is 116 cm³/mol. The first-order valence-electron chi connectivity index (χ1n) is 10.5. The first kappa shape index (κ1) is 20.8. The minimum atomic E-state index is -1.09. The summed E-state index contributed by atoms with van der Waals surface area (Å²) in [7, 11) is 1.91. The number of halogens is 1. The maximum Gasteiger partial charge on any atom is 0.262 e. The number of hydrogen-bond donors (Lipinski definition) is 2. The zero-order valence-electron chi connectivity index (χ0n) is 17.7. The third kappa shape index (κ3) is 3.43. The summed E-state index contributed by atoms with van der Waals surface area (Å²) in [6.07, 6.45) is 0.575. The fourth-order valence-electron chi connectivity index (χ4n) is 4.35. The van der Waals surface area contributed by atoms with Gasteiger partial charge in [-0.3, -0.25) is 29.4 Å². The van der Waals surface area contributed by atoms with E-state index in [0.29, 0.717) is 13.0 Å². The number of amides is 4. The SMILES string of the molecule is Cn1c(CCNc2cc3c(cc2F)C(=O)N(C2CCC(=O)NC2=O)C3=O)nc2ccccc21. The van der Waals surface area contributed by atoms with Gasteiger partial charge in [-0.05, 0) is 30.7 Å². The van der Waals surface area contributed by atoms with Crippen LogP contribution in [0.1, 0.15) is 39.4 Å². The van der Waals surface area contributed by atoms with E-state index < -0.39 is 35.5 Å². The minimum Gasteiger partial charge on any atom is -0.382 e. The topological polar surface area (TPSA) is 113 Å². The van der Waals surface area contributed by atoms with Crippen LogP contribution in [-0.2, 0) is 23.1 Å². The van der Waals surface area contributed by atoms with Gasteiger partial charge in [0.05, 0.1) is 27.8 Å². The number of nitrogens with one attached hydrogen (secondary N) is 2. The van der Waals surface area contributed by atoms with Gasteiger partial charge in [0.2, 0.25) is 11.8 Å². The van der Waals surface area contributed by atoms with Gasteiger partial charge in [0, 0.05) is 26.4 Å². The number of fused-ring (bicyclic) bond motifs is 2. The number of benzene rings is 2. The van der Waals surface area contributed by atoms with Crippen molar-refractivity contribution >= 4 is 40.3 Å². The van der Waals surface area contributed by atoms with Crippen LogP contribution in [0.4, 0.5) is 10.1 Å². The van der Waals surface area contributed by atoms with E-state index in [2.05, 4.69) is 15.6 Å². The summed E-state index contributed by atoms with van der Waals surface area (Å²) in [6.45, 7) is 0.353. The maximum absolute atomic E-state index is 14.7. The summed E-state index contributed by atoms with van der Waals surface area (Å²) >= 11 is 0. The second kappa shape index (κ2) is 7.80. The number of para-hydroxylation sites is 2. The number of carbonyl (C=O) groups is 4. The van der Waals surface area contributed by atoms with Crippen LogP contribution in [0.3, 0.4) is 0 Å². The molecule has 0 spiro atoms. The Balaban J connectivity index is 1.34. The number of piperidine rings is 1. The van der Waals surface area contributed by atoms with E-state index in [1.165, 1.54) is 6.07 Å². The molecule has 1 saturated heterocycles. The average Bonchev–Trinajstić information content (AvgIpc) is 3.23. The van der Waals surface area contributed by atoms with Gasteiger partial charge < -0.3 is 9.88 Å². The third-order valence-electron chi connectivity index (χ3n) is 6.07. The Morgan fingerprint density at radius 2 is 1.85 bits per heavy atom. The van der Waals surface area contributed by atoms with Gasteiger partial charge in [-0.2, -0.15) is 0 Å². The second-order valence-corrected chi connectivity index (χ2v) is 8.08. The van der Waals surface area contributed by atoms with Crippen molar-refractivity contribution in [1.29, 1.82) is 0 Å². The number of hydrogen-bond acceptors (Lipinski definition) is 6. The molecule has 9 nitrogen and oxygen atoms in total. The Labute approximate surface area is 187 Å². The van der Waals surface area contributed by atoms with Crippen molar-refractivity contribution in [3.63, 3.8) is 0 Å². The molecule has 2 aliphatic rings. The molecule has 3 heterocycles. The van der Waals surface area contributed by atoms with Crippen molar-refractivity contribution in [2.45, 2.75) is 25.3 Å². The van der Waals surface area contributed by atoms with E-state index in [0.717, 1.165) is 27.8 Å². The number of imidazole rings is 1. The normalized spacial score (nSPS) is 18.1. The molecule has 0 saturated carbocycles. The molecular weight excluding hydrogens is 429 g/mol. The smallest absolute Gasteiger partial charge is 0.262 e. The molecule has 2 aliphatic heterocycles. The highest BCUT2D eigenvalue weighted by Crippen LogP contribution is 2.31. The Bertz CT molecular complexity index is 1350. The lowest BCUT2D eigenvalue weighted by Crippen LogP contribution is -2.54. The molecule has 1 unspecified atom stereocenters. The number of rotatable bonds is 5. The summed E-state index contributed by atoms with van der Waals surface area (Å²) in [4.78, 5) is 54.6. The zero-order chi connectivity index (χ0) is 23.3. The highest BCUT2D eigenvalue weighted by atomic mass is 19.1. The van der Waals surface area contributed by atoms with Crippen molar-refractivity contribution < 1.29 is 23.6 Å². The van der Waals surface area contributed by atoms with Gasteiger partial charge in [0.25, 0.3) is 11.8 Å². The minimum absolute atomic E-state index is 0.0210. The highest BCUT2D eigenvalue weighted by Gasteiger charge is 2.45. The van der Waals surface area contributed by atoms with Crippen LogP contribution in [0, 0.1) is 5.82 Å². The molecule has 1 atom stereocenters. The predicted octanol–water partition coefficient (Wildman–Crippen LogP) is 1.77. The molecule has 33 heavy (non-hydrogen) atoms. The highest BCUT2D eigenvalue weighted by molar-refractivity contribution is 6.23. The Morgan fingerprint density at radius 3 is 2.58 bits per heavy atom. The van der Waals surface area contributed by atoms with Gasteiger partial charge in [0.1, 0.15) is 17.7 Å². The largest absolute Gasteiger partial charge is 0.382 e. The van der Waals surface area contributed by atoms with E-state index in [-0.39, 0.29) is 29.7 Å². The van der Waals surface area contributed by atoms with Crippen LogP contribution in [0.15, 0.2) is 36.4 Å². The van der Waals surface area contributed by atoms with Crippen molar-refractivity contribution in [3.8, 4) is 0 Å². The molecule has 2 aromatic carbocycles. The first-order valence-corrected chi connectivity index (χ1v) is 10.5. The molecule has 0 aliphatic carbocycles. The lowest BCUT2D eigenvalue weighted by atomic mass is 10.0. The van der Waals surface area contributed by atoms with Crippen LogP contribution in [0.5, 0.6) is 0 Å². The van der Waals surface area contributed by atoms with Gasteiger partial charge in [-0.25, -0.2) is 9.37 Å². The standard InChI is InChI=1S/C23H20FN5O4/c1-28-17-5-3-2-4-15(17)26-19(28)8-9-25-16-11-13-12(10-14(16)24)22(32)29(23(13)33)18-6-7-20(30)27-21(18)31/h2-5,10-11,18,25H,6-9H2,1H3,(H,27,30,31). The monoisotopic (exact) mass is 449 g/mol. The Morgan fingerprint density at radius 1 is 1.12 bits per heavy atom. The van der Waals surface area contributed by atoms with Crippen molar-refractivity contribution in [3.05, 3.63) is 59.2 Å². The van der Waals surface area contributed by atoms with Gasteiger partial charge in [-0.15, -0.1) is 0 Å². The quantitative estimate of drug-likeness (QED) is 0.574. The maximum atomic E-state index is 14.7. The van der Waals surface area contributed by atoms with Crippen LogP contribution in [-0.4, -0.2) is 50.7 Å². The van der Waals surface area contributed by atoms with E-state index in [1.807, 2.05) is 35.9 Å². The molecule has 1 fully saturated rings. The molecular formula is C23H20FN5O4. The lowest BCUT2D eigenvalue weighted by Gasteiger charge is -2.27. The summed E-state index contributed by atoms with van der Waals surface area (Å²) in [5.41, 5.74) is 1.88. The lowest BCUT2D eigenvalue weighted by molar-refractivity contribution is -0.136. The summed E-state index contributed by atoms with van der Waals surface area (Å²) in [5, 5.41) is 5.11. The van der Waals surface area contributed by atoms with Crippen LogP contribution in [0.25, 0.3) is 11.0 Å². The van der Waals surface area contributed by atoms with Crippen molar-refractivity contribution in [2.75, 3.05) is 11.9 Å². The molecule has 1 aromatic heterocycles. The van der Waals surface area contributed by atoms with Crippen LogP contribution < -0.4 is 10.6 Å². The molecule has 168 valence electrons. The molecule has 5 rings (SSSR count). The van der Waals surface area contributed by atoms with Crippen molar-refractivity contribution in [1.82, 2.24) is 19.8 Å². The fraction of sp³-hybridized carbons (Fsp3) is 0.261. The second-order valence-electron chi connectivity index (χ2n) is 8.08. The van der Waals surface area contributed by atoms with Crippen LogP contribution >= 0.6 is 0 Å². The molecule has 4 amide bonds. The number of nitrogens with zero attached hydrogens (tertiary/aromatic N) is 3. The van der Waals surface area contributed by atoms with E-state index in [4.69, 9.17) is 0 Å².